The van der Waals surface area contributed by atoms with Gasteiger partial charge in [-0.1, -0.05) is 27.4 Å². The van der Waals surface area contributed by atoms with Crippen molar-refractivity contribution in [1.29, 1.82) is 5.26 Å². The lowest BCUT2D eigenvalue weighted by molar-refractivity contribution is -0.0367. The van der Waals surface area contributed by atoms with Crippen LogP contribution in [0.2, 0.25) is 18.1 Å². The monoisotopic (exact) mass is 829 g/mol. The van der Waals surface area contributed by atoms with E-state index in [0.29, 0.717) is 38.1 Å². The summed E-state index contributed by atoms with van der Waals surface area (Å²) in [5, 5.41) is 24.5. The van der Waals surface area contributed by atoms with Gasteiger partial charge in [-0.3, -0.25) is 14.6 Å². The highest BCUT2D eigenvalue weighted by Gasteiger charge is 2.37. The molecule has 1 fully saturated rings. The lowest BCUT2D eigenvalue weighted by atomic mass is 10.1. The van der Waals surface area contributed by atoms with Gasteiger partial charge in [0.25, 0.3) is 0 Å². The van der Waals surface area contributed by atoms with E-state index < -0.39 is 8.32 Å². The van der Waals surface area contributed by atoms with E-state index >= 15 is 0 Å². The Morgan fingerprint density at radius 3 is 2.67 bits per heavy atom. The molecule has 0 N–H and O–H groups in total. The second kappa shape index (κ2) is 16.2. The molecule has 15 heteroatoms. The van der Waals surface area contributed by atoms with Crippen LogP contribution in [0, 0.1) is 21.8 Å². The largest absolute Gasteiger partial charge is 0.476 e. The summed E-state index contributed by atoms with van der Waals surface area (Å²) >= 11 is 2.27. The molecule has 5 rings (SSSR count). The minimum atomic E-state index is -1.92. The molecule has 51 heavy (non-hydrogen) atoms. The molecule has 4 aromatic heterocycles. The SMILES string of the molecule is C=Cc1nn(C2CCCCO2)c2cnc(-c3c(C)nn(C)c3OC[C@H](C)N(C)Cc3c(I)c(OCC#N)nn3CCO[Si](C)(C)C(C)(C)C)cc12. The number of nitrogens with zero attached hydrogens (tertiary/aromatic N) is 9. The molecule has 1 aliphatic rings. The third kappa shape index (κ3) is 8.51. The van der Waals surface area contributed by atoms with Crippen molar-refractivity contribution in [3.8, 4) is 29.1 Å². The zero-order chi connectivity index (χ0) is 37.1. The molecule has 0 spiro atoms. The van der Waals surface area contributed by atoms with Gasteiger partial charge in [0, 0.05) is 31.6 Å². The van der Waals surface area contributed by atoms with Crippen LogP contribution in [-0.4, -0.2) is 87.1 Å². The highest BCUT2D eigenvalue weighted by atomic mass is 127. The Balaban J connectivity index is 1.33. The minimum absolute atomic E-state index is 0.0238. The van der Waals surface area contributed by atoms with E-state index in [1.165, 1.54) is 0 Å². The Hall–Kier alpha value is -3.30. The fourth-order valence-corrected chi connectivity index (χ4v) is 7.63. The molecular weight excluding hydrogens is 777 g/mol. The van der Waals surface area contributed by atoms with Gasteiger partial charge in [0.1, 0.15) is 12.7 Å². The zero-order valence-corrected chi connectivity index (χ0v) is 34.7. The number of halogens is 1. The maximum atomic E-state index is 9.13. The highest BCUT2D eigenvalue weighted by Crippen LogP contribution is 2.37. The third-order valence-electron chi connectivity index (χ3n) is 10.1. The van der Waals surface area contributed by atoms with Crippen LogP contribution in [0.1, 0.15) is 70.3 Å². The molecule has 2 atom stereocenters. The predicted molar refractivity (Wildman–Crippen MR) is 209 cm³/mol. The van der Waals surface area contributed by atoms with Crippen molar-refractivity contribution in [2.75, 3.05) is 33.5 Å². The number of aromatic nitrogens is 7. The quantitative estimate of drug-likeness (QED) is 0.0904. The van der Waals surface area contributed by atoms with Crippen LogP contribution in [0.15, 0.2) is 18.8 Å². The number of nitriles is 1. The molecule has 4 aromatic rings. The van der Waals surface area contributed by atoms with Crippen LogP contribution in [0.4, 0.5) is 0 Å². The van der Waals surface area contributed by atoms with Crippen LogP contribution in [0.3, 0.4) is 0 Å². The van der Waals surface area contributed by atoms with Crippen molar-refractivity contribution in [3.63, 3.8) is 0 Å². The highest BCUT2D eigenvalue weighted by molar-refractivity contribution is 14.1. The molecule has 1 saturated heterocycles. The van der Waals surface area contributed by atoms with Gasteiger partial charge in [0.05, 0.1) is 56.8 Å². The van der Waals surface area contributed by atoms with Crippen LogP contribution in [0.5, 0.6) is 11.8 Å². The van der Waals surface area contributed by atoms with Crippen molar-refractivity contribution in [1.82, 2.24) is 39.2 Å². The Labute approximate surface area is 316 Å². The molecule has 0 amide bonds. The Bertz CT molecular complexity index is 1880. The molecular formula is C36H52IN9O4Si. The topological polar surface area (TPSA) is 130 Å². The predicted octanol–water partition coefficient (Wildman–Crippen LogP) is 7.11. The first-order valence-electron chi connectivity index (χ1n) is 17.5. The number of hydrogen-bond donors (Lipinski definition) is 0. The van der Waals surface area contributed by atoms with Crippen molar-refractivity contribution in [2.24, 2.45) is 7.05 Å². The Kier molecular flexibility index (Phi) is 12.3. The minimum Gasteiger partial charge on any atom is -0.476 e. The molecule has 0 aliphatic carbocycles. The summed E-state index contributed by atoms with van der Waals surface area (Å²) in [4.78, 5) is 7.11. The number of pyridine rings is 1. The molecule has 0 bridgehead atoms. The first-order chi connectivity index (χ1) is 24.2. The fourth-order valence-electron chi connectivity index (χ4n) is 5.88. The third-order valence-corrected chi connectivity index (χ3v) is 15.7. The van der Waals surface area contributed by atoms with Crippen molar-refractivity contribution in [2.45, 2.75) is 97.4 Å². The van der Waals surface area contributed by atoms with Crippen LogP contribution in [0.25, 0.3) is 28.2 Å². The molecule has 0 radical (unpaired) electrons. The van der Waals surface area contributed by atoms with Gasteiger partial charge in [0.2, 0.25) is 11.8 Å². The maximum absolute atomic E-state index is 9.13. The standard InChI is InChI=1S/C36H52IN9O4Si/c1-11-27-26-20-28(39-21-29(26)46(41-27)31-14-12-13-17-47-31)32-25(3)40-44(8)35(32)49-23-24(2)43(7)22-30-33(37)34(48-18-15-38)42-45(30)16-19-50-51(9,10)36(4,5)6/h11,20-21,24,31H,1,12-14,16-19,22-23H2,2-10H3/t24-,31?/m0/s1. The molecule has 0 aromatic carbocycles. The second-order valence-corrected chi connectivity index (χ2v) is 20.6. The van der Waals surface area contributed by atoms with Gasteiger partial charge in [-0.2, -0.15) is 15.5 Å². The summed E-state index contributed by atoms with van der Waals surface area (Å²) in [6.45, 7) is 22.2. The first kappa shape index (κ1) is 38.9. The number of rotatable bonds is 15. The summed E-state index contributed by atoms with van der Waals surface area (Å²) in [7, 11) is 2.04. The average molecular weight is 830 g/mol. The van der Waals surface area contributed by atoms with Crippen LogP contribution < -0.4 is 9.47 Å². The zero-order valence-electron chi connectivity index (χ0n) is 31.5. The van der Waals surface area contributed by atoms with Gasteiger partial charge in [-0.15, -0.1) is 5.10 Å². The lowest BCUT2D eigenvalue weighted by Crippen LogP contribution is -2.41. The molecule has 276 valence electrons. The summed E-state index contributed by atoms with van der Waals surface area (Å²) in [5.41, 5.74) is 5.15. The van der Waals surface area contributed by atoms with Gasteiger partial charge in [0.15, 0.2) is 21.2 Å². The van der Waals surface area contributed by atoms with E-state index in [1.807, 2.05) is 35.6 Å². The first-order valence-corrected chi connectivity index (χ1v) is 21.5. The van der Waals surface area contributed by atoms with Crippen LogP contribution >= 0.6 is 22.6 Å². The van der Waals surface area contributed by atoms with Crippen molar-refractivity contribution >= 4 is 47.9 Å². The molecule has 0 saturated carbocycles. The average Bonchev–Trinajstić information content (AvgIpc) is 3.71. The summed E-state index contributed by atoms with van der Waals surface area (Å²) in [6.07, 6.45) is 6.65. The van der Waals surface area contributed by atoms with Crippen LogP contribution in [-0.2, 0) is 29.3 Å². The summed E-state index contributed by atoms with van der Waals surface area (Å²) in [5.74, 6) is 1.12. The number of aryl methyl sites for hydroxylation is 2. The molecule has 5 heterocycles. The van der Waals surface area contributed by atoms with E-state index in [4.69, 9.17) is 44.2 Å². The molecule has 1 aliphatic heterocycles. The van der Waals surface area contributed by atoms with E-state index in [2.05, 4.69) is 88.0 Å². The number of hydrogen-bond acceptors (Lipinski definition) is 10. The van der Waals surface area contributed by atoms with E-state index in [0.717, 1.165) is 68.7 Å². The van der Waals surface area contributed by atoms with Gasteiger partial charge in [-0.25, -0.2) is 9.36 Å². The lowest BCUT2D eigenvalue weighted by Gasteiger charge is -2.36. The Morgan fingerprint density at radius 2 is 2.00 bits per heavy atom. The second-order valence-electron chi connectivity index (χ2n) is 14.8. The number of ether oxygens (including phenoxy) is 3. The number of fused-ring (bicyclic) bond motifs is 1. The normalized spacial score (nSPS) is 16.1. The van der Waals surface area contributed by atoms with E-state index in [-0.39, 0.29) is 23.9 Å². The van der Waals surface area contributed by atoms with E-state index in [1.54, 1.807) is 10.8 Å². The molecule has 1 unspecified atom stereocenters. The number of likely N-dealkylation sites (N-methyl/N-ethyl adjacent to an activating group) is 1. The van der Waals surface area contributed by atoms with Crippen molar-refractivity contribution in [3.05, 3.63) is 39.5 Å². The summed E-state index contributed by atoms with van der Waals surface area (Å²) < 4.78 is 31.3. The van der Waals surface area contributed by atoms with Gasteiger partial charge >= 0.3 is 0 Å². The fraction of sp³-hybridized carbons (Fsp3) is 0.583. The summed E-state index contributed by atoms with van der Waals surface area (Å²) in [6, 6.07) is 4.12. The van der Waals surface area contributed by atoms with Crippen molar-refractivity contribution < 1.29 is 18.6 Å². The van der Waals surface area contributed by atoms with E-state index in [9.17, 15) is 0 Å². The van der Waals surface area contributed by atoms with Gasteiger partial charge in [-0.05, 0) is 93.0 Å². The maximum Gasteiger partial charge on any atom is 0.247 e. The smallest absolute Gasteiger partial charge is 0.247 e. The molecule has 13 nitrogen and oxygen atoms in total. The van der Waals surface area contributed by atoms with Gasteiger partial charge < -0.3 is 18.6 Å². The Morgan fingerprint density at radius 1 is 1.24 bits per heavy atom.